The monoisotopic (exact) mass is 353 g/mol. The van der Waals surface area contributed by atoms with Crippen LogP contribution in [0.4, 0.5) is 5.69 Å². The summed E-state index contributed by atoms with van der Waals surface area (Å²) in [5, 5.41) is 4.20. The number of nitrogens with zero attached hydrogens (tertiary/aromatic N) is 2. The van der Waals surface area contributed by atoms with Crippen molar-refractivity contribution in [1.82, 2.24) is 9.80 Å². The van der Waals surface area contributed by atoms with Crippen LogP contribution in [-0.4, -0.2) is 34.7 Å². The van der Waals surface area contributed by atoms with Gasteiger partial charge in [0.05, 0.1) is 6.67 Å². The Morgan fingerprint density at radius 3 is 2.64 bits per heavy atom. The van der Waals surface area contributed by atoms with Gasteiger partial charge in [-0.15, -0.1) is 0 Å². The van der Waals surface area contributed by atoms with Crippen molar-refractivity contribution in [2.75, 3.05) is 25.1 Å². The van der Waals surface area contributed by atoms with Gasteiger partial charge < -0.3 is 10.2 Å². The standard InChI is InChI=1S/C21H27N3S/c1-16-6-4-7-20(13-16)22-21(25)24-11-5-10-23(15-24)14-19-12-17(2)8-9-18(19)3/h4,6-9,12-13H,5,10-11,14-15H2,1-3H3,(H,22,25). The van der Waals surface area contributed by atoms with Crippen molar-refractivity contribution in [3.63, 3.8) is 0 Å². The fourth-order valence-electron chi connectivity index (χ4n) is 3.30. The van der Waals surface area contributed by atoms with E-state index in [1.165, 1.54) is 22.3 Å². The van der Waals surface area contributed by atoms with E-state index in [1.807, 2.05) is 0 Å². The Kier molecular flexibility index (Phi) is 5.71. The van der Waals surface area contributed by atoms with Gasteiger partial charge in [-0.05, 0) is 68.2 Å². The number of nitrogens with one attached hydrogen (secondary N) is 1. The topological polar surface area (TPSA) is 18.5 Å². The van der Waals surface area contributed by atoms with Crippen LogP contribution < -0.4 is 5.32 Å². The van der Waals surface area contributed by atoms with Crippen molar-refractivity contribution < 1.29 is 0 Å². The van der Waals surface area contributed by atoms with Gasteiger partial charge in [-0.3, -0.25) is 4.90 Å². The fraction of sp³-hybridized carbons (Fsp3) is 0.381. The second-order valence-corrected chi connectivity index (χ2v) is 7.43. The molecule has 1 heterocycles. The third kappa shape index (κ3) is 4.80. The van der Waals surface area contributed by atoms with Crippen LogP contribution in [-0.2, 0) is 6.54 Å². The minimum atomic E-state index is 0.816. The predicted octanol–water partition coefficient (Wildman–Crippen LogP) is 4.47. The molecule has 132 valence electrons. The molecule has 0 spiro atoms. The van der Waals surface area contributed by atoms with Crippen molar-refractivity contribution in [1.29, 1.82) is 0 Å². The van der Waals surface area contributed by atoms with Crippen molar-refractivity contribution in [2.24, 2.45) is 0 Å². The average molecular weight is 354 g/mol. The van der Waals surface area contributed by atoms with E-state index < -0.39 is 0 Å². The van der Waals surface area contributed by atoms with E-state index in [4.69, 9.17) is 12.2 Å². The van der Waals surface area contributed by atoms with Crippen LogP contribution in [0, 0.1) is 20.8 Å². The molecule has 1 N–H and O–H groups in total. The zero-order valence-electron chi connectivity index (χ0n) is 15.4. The smallest absolute Gasteiger partial charge is 0.174 e. The summed E-state index contributed by atoms with van der Waals surface area (Å²) in [4.78, 5) is 4.75. The SMILES string of the molecule is Cc1cccc(NC(=S)N2CCCN(Cc3cc(C)ccc3C)C2)c1. The predicted molar refractivity (Wildman–Crippen MR) is 110 cm³/mol. The van der Waals surface area contributed by atoms with Gasteiger partial charge in [0.1, 0.15) is 0 Å². The molecule has 0 atom stereocenters. The molecule has 3 rings (SSSR count). The molecule has 0 saturated carbocycles. The van der Waals surface area contributed by atoms with E-state index in [0.717, 1.165) is 43.5 Å². The average Bonchev–Trinajstić information content (AvgIpc) is 2.58. The molecule has 1 fully saturated rings. The van der Waals surface area contributed by atoms with Crippen LogP contribution in [0.2, 0.25) is 0 Å². The van der Waals surface area contributed by atoms with Crippen molar-refractivity contribution >= 4 is 23.0 Å². The maximum atomic E-state index is 5.65. The van der Waals surface area contributed by atoms with E-state index in [9.17, 15) is 0 Å². The first-order chi connectivity index (χ1) is 12.0. The molecule has 1 aliphatic heterocycles. The number of benzene rings is 2. The minimum Gasteiger partial charge on any atom is -0.336 e. The van der Waals surface area contributed by atoms with Gasteiger partial charge >= 0.3 is 0 Å². The highest BCUT2D eigenvalue weighted by molar-refractivity contribution is 7.80. The van der Waals surface area contributed by atoms with E-state index in [2.05, 4.69) is 78.4 Å². The molecule has 0 aliphatic carbocycles. The maximum Gasteiger partial charge on any atom is 0.174 e. The lowest BCUT2D eigenvalue weighted by Crippen LogP contribution is -2.48. The first kappa shape index (κ1) is 17.9. The summed E-state index contributed by atoms with van der Waals surface area (Å²) in [6.07, 6.45) is 1.14. The zero-order valence-corrected chi connectivity index (χ0v) is 16.2. The van der Waals surface area contributed by atoms with Crippen LogP contribution in [0.25, 0.3) is 0 Å². The minimum absolute atomic E-state index is 0.816. The van der Waals surface area contributed by atoms with Gasteiger partial charge in [-0.2, -0.15) is 0 Å². The van der Waals surface area contributed by atoms with Gasteiger partial charge in [0.2, 0.25) is 0 Å². The first-order valence-electron chi connectivity index (χ1n) is 8.92. The summed E-state index contributed by atoms with van der Waals surface area (Å²) in [5.74, 6) is 0. The normalized spacial score (nSPS) is 15.2. The lowest BCUT2D eigenvalue weighted by atomic mass is 10.0. The summed E-state index contributed by atoms with van der Waals surface area (Å²) in [5.41, 5.74) is 6.41. The number of rotatable bonds is 3. The zero-order chi connectivity index (χ0) is 17.8. The summed E-state index contributed by atoms with van der Waals surface area (Å²) >= 11 is 5.65. The van der Waals surface area contributed by atoms with Crippen LogP contribution in [0.1, 0.15) is 28.7 Å². The molecule has 2 aromatic carbocycles. The first-order valence-corrected chi connectivity index (χ1v) is 9.33. The van der Waals surface area contributed by atoms with Crippen molar-refractivity contribution in [3.05, 3.63) is 64.7 Å². The molecule has 0 amide bonds. The van der Waals surface area contributed by atoms with Gasteiger partial charge in [-0.25, -0.2) is 0 Å². The van der Waals surface area contributed by atoms with Crippen molar-refractivity contribution in [2.45, 2.75) is 33.7 Å². The molecular formula is C21H27N3S. The molecule has 4 heteroatoms. The molecule has 0 unspecified atom stereocenters. The van der Waals surface area contributed by atoms with Crippen LogP contribution in [0.15, 0.2) is 42.5 Å². The number of aryl methyl sites for hydroxylation is 3. The molecule has 0 aromatic heterocycles. The molecule has 2 aromatic rings. The number of anilines is 1. The number of thiocarbonyl (C=S) groups is 1. The Morgan fingerprint density at radius 2 is 1.84 bits per heavy atom. The van der Waals surface area contributed by atoms with Crippen molar-refractivity contribution in [3.8, 4) is 0 Å². The largest absolute Gasteiger partial charge is 0.336 e. The Labute approximate surface area is 156 Å². The second-order valence-electron chi connectivity index (χ2n) is 7.04. The lowest BCUT2D eigenvalue weighted by Gasteiger charge is -2.37. The van der Waals surface area contributed by atoms with Gasteiger partial charge in [0.25, 0.3) is 0 Å². The Morgan fingerprint density at radius 1 is 1.04 bits per heavy atom. The van der Waals surface area contributed by atoms with Gasteiger partial charge in [0.15, 0.2) is 5.11 Å². The van der Waals surface area contributed by atoms with E-state index in [-0.39, 0.29) is 0 Å². The fourth-order valence-corrected chi connectivity index (χ4v) is 3.57. The quantitative estimate of drug-likeness (QED) is 0.820. The van der Waals surface area contributed by atoms with Crippen LogP contribution in [0.5, 0.6) is 0 Å². The summed E-state index contributed by atoms with van der Waals surface area (Å²) in [6.45, 7) is 10.5. The summed E-state index contributed by atoms with van der Waals surface area (Å²) in [6, 6.07) is 15.1. The molecule has 0 radical (unpaired) electrons. The molecule has 1 aliphatic rings. The number of hydrogen-bond acceptors (Lipinski definition) is 2. The van der Waals surface area contributed by atoms with E-state index >= 15 is 0 Å². The third-order valence-electron chi connectivity index (χ3n) is 4.73. The summed E-state index contributed by atoms with van der Waals surface area (Å²) < 4.78 is 0. The summed E-state index contributed by atoms with van der Waals surface area (Å²) in [7, 11) is 0. The highest BCUT2D eigenvalue weighted by Gasteiger charge is 2.20. The Balaban J connectivity index is 1.62. The van der Waals surface area contributed by atoms with E-state index in [1.54, 1.807) is 0 Å². The lowest BCUT2D eigenvalue weighted by molar-refractivity contribution is 0.133. The molecule has 0 bridgehead atoms. The molecule has 1 saturated heterocycles. The van der Waals surface area contributed by atoms with Gasteiger partial charge in [-0.1, -0.05) is 35.9 Å². The second kappa shape index (κ2) is 7.98. The van der Waals surface area contributed by atoms with Crippen LogP contribution >= 0.6 is 12.2 Å². The van der Waals surface area contributed by atoms with E-state index in [0.29, 0.717) is 0 Å². The Bertz CT molecular complexity index is 757. The highest BCUT2D eigenvalue weighted by atomic mass is 32.1. The molecule has 25 heavy (non-hydrogen) atoms. The molecule has 3 nitrogen and oxygen atoms in total. The van der Waals surface area contributed by atoms with Gasteiger partial charge in [0, 0.05) is 25.3 Å². The maximum absolute atomic E-state index is 5.65. The third-order valence-corrected chi connectivity index (χ3v) is 5.09. The highest BCUT2D eigenvalue weighted by Crippen LogP contribution is 2.17. The number of hydrogen-bond donors (Lipinski definition) is 1. The Hall–Kier alpha value is -1.91. The van der Waals surface area contributed by atoms with Crippen LogP contribution in [0.3, 0.4) is 0 Å². The molecular weight excluding hydrogens is 326 g/mol.